The largest absolute Gasteiger partial charge is 0.467 e. The van der Waals surface area contributed by atoms with Crippen molar-refractivity contribution < 1.29 is 51.4 Å². The Balaban J connectivity index is 1.57. The predicted octanol–water partition coefficient (Wildman–Crippen LogP) is 1.03. The maximum absolute atomic E-state index is 13.9. The number of methoxy groups -OCH3 is 1. The molecule has 6 atom stereocenters. The third-order valence-corrected chi connectivity index (χ3v) is 9.08. The number of nitrogens with one attached hydrogen (secondary N) is 2. The molecule has 5 amide bonds. The summed E-state index contributed by atoms with van der Waals surface area (Å²) in [4.78, 5) is 79.9. The van der Waals surface area contributed by atoms with Crippen LogP contribution in [0, 0.1) is 6.92 Å². The number of amides is 5. The van der Waals surface area contributed by atoms with E-state index in [1.807, 2.05) is 0 Å². The summed E-state index contributed by atoms with van der Waals surface area (Å²) >= 11 is 0. The van der Waals surface area contributed by atoms with E-state index >= 15 is 0 Å². The first kappa shape index (κ1) is 34.1. The molecule has 16 heteroatoms. The smallest absolute Gasteiger partial charge is 0.417 e. The molecule has 4 rings (SSSR count). The van der Waals surface area contributed by atoms with Crippen LogP contribution < -0.4 is 10.0 Å². The van der Waals surface area contributed by atoms with Gasteiger partial charge in [-0.05, 0) is 45.4 Å². The highest BCUT2D eigenvalue weighted by Gasteiger charge is 2.56. The van der Waals surface area contributed by atoms with Crippen LogP contribution in [-0.4, -0.2) is 97.6 Å². The fourth-order valence-corrected chi connectivity index (χ4v) is 6.36. The molecule has 0 unspecified atom stereocenters. The van der Waals surface area contributed by atoms with Crippen LogP contribution >= 0.6 is 0 Å². The second-order valence-corrected chi connectivity index (χ2v) is 12.6. The summed E-state index contributed by atoms with van der Waals surface area (Å²) in [7, 11) is -3.09. The Labute approximate surface area is 265 Å². The van der Waals surface area contributed by atoms with Gasteiger partial charge >= 0.3 is 18.2 Å². The van der Waals surface area contributed by atoms with Crippen LogP contribution in [0.25, 0.3) is 0 Å². The molecule has 15 nitrogen and oxygen atoms in total. The first-order chi connectivity index (χ1) is 21.7. The standard InChI is InChI=1S/C30H34N4O11S/c1-16-11-13-21(14-12-16)46(41,42)32-17(2)26(36)34-24(19(4)45-30(34)40)27(37)33-23(18(3)44-29(33)39)25(35)31-22(28(38)43-5)15-20-9-7-6-8-10-20/h6-14,17-19,22-24,32H,15H2,1-5H3,(H,31,35)/t17-,18-,19+,22-,23+,24-/m0/s1. The zero-order chi connectivity index (χ0) is 33.9. The van der Waals surface area contributed by atoms with Crippen LogP contribution in [0.3, 0.4) is 0 Å². The lowest BCUT2D eigenvalue weighted by atomic mass is 10.0. The normalized spacial score (nSPS) is 22.5. The van der Waals surface area contributed by atoms with Gasteiger partial charge in [0, 0.05) is 6.42 Å². The van der Waals surface area contributed by atoms with Crippen LogP contribution in [0.1, 0.15) is 31.9 Å². The van der Waals surface area contributed by atoms with Crippen molar-refractivity contribution in [3.8, 4) is 0 Å². The molecule has 0 radical (unpaired) electrons. The molecule has 2 aromatic carbocycles. The van der Waals surface area contributed by atoms with E-state index in [2.05, 4.69) is 10.0 Å². The van der Waals surface area contributed by atoms with Gasteiger partial charge in [-0.1, -0.05) is 48.0 Å². The second kappa shape index (κ2) is 13.7. The van der Waals surface area contributed by atoms with Gasteiger partial charge in [0.25, 0.3) is 11.8 Å². The lowest BCUT2D eigenvalue weighted by Crippen LogP contribution is -2.60. The van der Waals surface area contributed by atoms with Gasteiger partial charge < -0.3 is 19.5 Å². The third kappa shape index (κ3) is 7.02. The van der Waals surface area contributed by atoms with Gasteiger partial charge in [0.2, 0.25) is 15.9 Å². The molecule has 2 heterocycles. The highest BCUT2D eigenvalue weighted by Crippen LogP contribution is 2.28. The average molecular weight is 659 g/mol. The van der Waals surface area contributed by atoms with Crippen LogP contribution in [-0.2, 0) is 49.8 Å². The van der Waals surface area contributed by atoms with Gasteiger partial charge in [-0.3, -0.25) is 14.4 Å². The highest BCUT2D eigenvalue weighted by molar-refractivity contribution is 7.89. The summed E-state index contributed by atoms with van der Waals surface area (Å²) in [5.41, 5.74) is 1.49. The SMILES string of the molecule is COC(=O)[C@H](Cc1ccccc1)NC(=O)[C@H]1[C@H](C)OC(=O)N1C(=O)[C@@H]1[C@@H](C)OC(=O)N1C(=O)[C@H](C)NS(=O)(=O)c1ccc(C)cc1. The quantitative estimate of drug-likeness (QED) is 0.273. The molecule has 2 N–H and O–H groups in total. The molecule has 246 valence electrons. The number of carbonyl (C=O) groups excluding carboxylic acids is 6. The lowest BCUT2D eigenvalue weighted by Gasteiger charge is -2.29. The maximum atomic E-state index is 13.9. The zero-order valence-electron chi connectivity index (χ0n) is 25.7. The average Bonchev–Trinajstić information content (AvgIpc) is 3.48. The minimum Gasteiger partial charge on any atom is -0.467 e. The van der Waals surface area contributed by atoms with E-state index in [-0.39, 0.29) is 11.3 Å². The summed E-state index contributed by atoms with van der Waals surface area (Å²) in [6.45, 7) is 5.58. The minimum atomic E-state index is -4.22. The van der Waals surface area contributed by atoms with E-state index in [1.165, 1.54) is 32.9 Å². The Morgan fingerprint density at radius 3 is 2.04 bits per heavy atom. The molecule has 2 aliphatic heterocycles. The summed E-state index contributed by atoms with van der Waals surface area (Å²) in [5.74, 6) is -4.05. The van der Waals surface area contributed by atoms with Crippen molar-refractivity contribution in [3.63, 3.8) is 0 Å². The molecule has 0 aromatic heterocycles. The zero-order valence-corrected chi connectivity index (χ0v) is 26.5. The number of rotatable bonds is 10. The Kier molecular flexibility index (Phi) is 10.1. The number of sulfonamides is 1. The van der Waals surface area contributed by atoms with Gasteiger partial charge in [0.1, 0.15) is 18.2 Å². The molecule has 46 heavy (non-hydrogen) atoms. The predicted molar refractivity (Wildman–Crippen MR) is 158 cm³/mol. The molecule has 2 saturated heterocycles. The van der Waals surface area contributed by atoms with Crippen molar-refractivity contribution in [1.82, 2.24) is 19.8 Å². The molecule has 0 saturated carbocycles. The molecule has 0 bridgehead atoms. The second-order valence-electron chi connectivity index (χ2n) is 10.9. The summed E-state index contributed by atoms with van der Waals surface area (Å²) in [5, 5.41) is 2.51. The summed E-state index contributed by atoms with van der Waals surface area (Å²) in [6.07, 6.45) is -4.94. The molecule has 0 aliphatic carbocycles. The monoisotopic (exact) mass is 658 g/mol. The fourth-order valence-electron chi connectivity index (χ4n) is 5.17. The topological polar surface area (TPSA) is 195 Å². The summed E-state index contributed by atoms with van der Waals surface area (Å²) < 4.78 is 43.1. The van der Waals surface area contributed by atoms with Gasteiger partial charge in [-0.15, -0.1) is 0 Å². The van der Waals surface area contributed by atoms with E-state index in [1.54, 1.807) is 49.4 Å². The Morgan fingerprint density at radius 1 is 0.891 bits per heavy atom. The van der Waals surface area contributed by atoms with Crippen LogP contribution in [0.2, 0.25) is 0 Å². The number of benzene rings is 2. The third-order valence-electron chi connectivity index (χ3n) is 7.53. The van der Waals surface area contributed by atoms with E-state index in [4.69, 9.17) is 14.2 Å². The summed E-state index contributed by atoms with van der Waals surface area (Å²) in [6, 6.07) is 8.39. The maximum Gasteiger partial charge on any atom is 0.417 e. The van der Waals surface area contributed by atoms with Crippen LogP contribution in [0.5, 0.6) is 0 Å². The van der Waals surface area contributed by atoms with Crippen molar-refractivity contribution in [2.24, 2.45) is 0 Å². The number of nitrogens with zero attached hydrogens (tertiary/aromatic N) is 2. The van der Waals surface area contributed by atoms with Crippen molar-refractivity contribution in [2.75, 3.05) is 7.11 Å². The van der Waals surface area contributed by atoms with Crippen LogP contribution in [0.4, 0.5) is 9.59 Å². The number of cyclic esters (lactones) is 2. The number of imide groups is 2. The molecule has 2 aliphatic rings. The molecule has 2 fully saturated rings. The molecule has 0 spiro atoms. The molecular formula is C30H34N4O11S. The minimum absolute atomic E-state index is 0.0315. The van der Waals surface area contributed by atoms with Gasteiger partial charge in [0.15, 0.2) is 12.1 Å². The number of ether oxygens (including phenoxy) is 3. The van der Waals surface area contributed by atoms with Gasteiger partial charge in [0.05, 0.1) is 18.0 Å². The Morgan fingerprint density at radius 2 is 1.46 bits per heavy atom. The van der Waals surface area contributed by atoms with E-state index in [0.717, 1.165) is 12.7 Å². The van der Waals surface area contributed by atoms with Crippen molar-refractivity contribution in [2.45, 2.75) is 75.4 Å². The number of hydrogen-bond donors (Lipinski definition) is 2. The number of hydrogen-bond acceptors (Lipinski definition) is 11. The first-order valence-corrected chi connectivity index (χ1v) is 15.7. The first-order valence-electron chi connectivity index (χ1n) is 14.2. The Hall–Kier alpha value is -4.83. The Bertz CT molecular complexity index is 1630. The number of aryl methyl sites for hydroxylation is 1. The van der Waals surface area contributed by atoms with Crippen molar-refractivity contribution >= 4 is 45.9 Å². The van der Waals surface area contributed by atoms with Crippen molar-refractivity contribution in [1.29, 1.82) is 0 Å². The highest BCUT2D eigenvalue weighted by atomic mass is 32.2. The van der Waals surface area contributed by atoms with Gasteiger partial charge in [-0.2, -0.15) is 4.72 Å². The molecule has 2 aromatic rings. The molecular weight excluding hydrogens is 624 g/mol. The van der Waals surface area contributed by atoms with Crippen molar-refractivity contribution in [3.05, 3.63) is 65.7 Å². The fraction of sp³-hybridized carbons (Fsp3) is 0.400. The van der Waals surface area contributed by atoms with Crippen LogP contribution in [0.15, 0.2) is 59.5 Å². The van der Waals surface area contributed by atoms with E-state index < -0.39 is 82.3 Å². The number of esters is 1. The van der Waals surface area contributed by atoms with E-state index in [9.17, 15) is 37.2 Å². The number of carbonyl (C=O) groups is 6. The van der Waals surface area contributed by atoms with Gasteiger partial charge in [-0.25, -0.2) is 32.6 Å². The van der Waals surface area contributed by atoms with E-state index in [0.29, 0.717) is 15.4 Å². The lowest BCUT2D eigenvalue weighted by molar-refractivity contribution is -0.147.